The van der Waals surface area contributed by atoms with Gasteiger partial charge in [-0.3, -0.25) is 9.69 Å². The molecule has 0 unspecified atom stereocenters. The Kier molecular flexibility index (Phi) is 5.58. The molecule has 27 heavy (non-hydrogen) atoms. The van der Waals surface area contributed by atoms with E-state index >= 15 is 0 Å². The van der Waals surface area contributed by atoms with Crippen LogP contribution >= 0.6 is 0 Å². The molecule has 0 N–H and O–H groups in total. The molecule has 2 aliphatic rings. The van der Waals surface area contributed by atoms with Crippen LogP contribution in [0.4, 0.5) is 5.69 Å². The topological polar surface area (TPSA) is 23.6 Å². The predicted octanol–water partition coefficient (Wildman–Crippen LogP) is 4.74. The van der Waals surface area contributed by atoms with E-state index in [9.17, 15) is 4.79 Å². The first-order valence-electron chi connectivity index (χ1n) is 10.4. The smallest absolute Gasteiger partial charge is 0.159 e. The summed E-state index contributed by atoms with van der Waals surface area (Å²) in [4.78, 5) is 16.6. The molecule has 0 radical (unpaired) electrons. The molecular weight excluding hydrogens is 332 g/mol. The van der Waals surface area contributed by atoms with Crippen molar-refractivity contribution in [1.82, 2.24) is 4.90 Å². The fourth-order valence-corrected chi connectivity index (χ4v) is 4.75. The van der Waals surface area contributed by atoms with Crippen molar-refractivity contribution in [3.63, 3.8) is 0 Å². The van der Waals surface area contributed by atoms with Crippen molar-refractivity contribution in [2.75, 3.05) is 31.1 Å². The summed E-state index contributed by atoms with van der Waals surface area (Å²) in [6.45, 7) is 6.08. The minimum Gasteiger partial charge on any atom is -0.369 e. The number of rotatable bonds is 4. The van der Waals surface area contributed by atoms with E-state index < -0.39 is 0 Å². The molecule has 0 amide bonds. The maximum absolute atomic E-state index is 11.4. The first-order chi connectivity index (χ1) is 13.2. The predicted molar refractivity (Wildman–Crippen MR) is 112 cm³/mol. The highest BCUT2D eigenvalue weighted by Gasteiger charge is 2.28. The Bertz CT molecular complexity index is 740. The molecule has 2 fully saturated rings. The van der Waals surface area contributed by atoms with Gasteiger partial charge in [-0.25, -0.2) is 0 Å². The number of ketones is 1. The Morgan fingerprint density at radius 3 is 2.04 bits per heavy atom. The third-order valence-corrected chi connectivity index (χ3v) is 6.44. The van der Waals surface area contributed by atoms with Crippen LogP contribution in [0, 0.1) is 0 Å². The average molecular weight is 363 g/mol. The number of hydrogen-bond acceptors (Lipinski definition) is 3. The second kappa shape index (κ2) is 8.26. The molecule has 0 bridgehead atoms. The van der Waals surface area contributed by atoms with Gasteiger partial charge in [0.05, 0.1) is 0 Å². The zero-order chi connectivity index (χ0) is 18.6. The molecular formula is C24H30N2O. The molecule has 142 valence electrons. The van der Waals surface area contributed by atoms with Gasteiger partial charge in [0.2, 0.25) is 0 Å². The minimum absolute atomic E-state index is 0.137. The summed E-state index contributed by atoms with van der Waals surface area (Å²) >= 11 is 0. The summed E-state index contributed by atoms with van der Waals surface area (Å²) in [5.74, 6) is 0.890. The number of nitrogens with zero attached hydrogens (tertiary/aromatic N) is 2. The van der Waals surface area contributed by atoms with Crippen LogP contribution in [0.25, 0.3) is 0 Å². The SMILES string of the molecule is CC(=O)c1ccc(N2CCN(C3CCC(c4ccccc4)CC3)CC2)cc1. The normalized spacial score (nSPS) is 24.0. The lowest BCUT2D eigenvalue weighted by Crippen LogP contribution is -2.51. The van der Waals surface area contributed by atoms with Gasteiger partial charge in [-0.1, -0.05) is 30.3 Å². The van der Waals surface area contributed by atoms with Crippen LogP contribution in [-0.2, 0) is 0 Å². The maximum atomic E-state index is 11.4. The Labute approximate surface area is 163 Å². The lowest BCUT2D eigenvalue weighted by atomic mass is 9.81. The van der Waals surface area contributed by atoms with E-state index in [2.05, 4.69) is 52.3 Å². The van der Waals surface area contributed by atoms with Gasteiger partial charge in [-0.15, -0.1) is 0 Å². The average Bonchev–Trinajstić information content (AvgIpc) is 2.75. The van der Waals surface area contributed by atoms with Crippen LogP contribution in [0.1, 0.15) is 54.4 Å². The zero-order valence-electron chi connectivity index (χ0n) is 16.3. The van der Waals surface area contributed by atoms with Crippen LogP contribution in [0.5, 0.6) is 0 Å². The van der Waals surface area contributed by atoms with E-state index in [4.69, 9.17) is 0 Å². The molecule has 3 nitrogen and oxygen atoms in total. The fraction of sp³-hybridized carbons (Fsp3) is 0.458. The monoisotopic (exact) mass is 362 g/mol. The van der Waals surface area contributed by atoms with Crippen LogP contribution in [0.3, 0.4) is 0 Å². The van der Waals surface area contributed by atoms with Crippen LogP contribution in [-0.4, -0.2) is 42.9 Å². The Morgan fingerprint density at radius 1 is 0.815 bits per heavy atom. The largest absolute Gasteiger partial charge is 0.369 e. The van der Waals surface area contributed by atoms with E-state index in [0.717, 1.165) is 43.7 Å². The molecule has 0 spiro atoms. The van der Waals surface area contributed by atoms with E-state index in [-0.39, 0.29) is 5.78 Å². The van der Waals surface area contributed by atoms with Gasteiger partial charge in [0.15, 0.2) is 5.78 Å². The summed E-state index contributed by atoms with van der Waals surface area (Å²) in [6.07, 6.45) is 5.29. The first-order valence-corrected chi connectivity index (χ1v) is 10.4. The van der Waals surface area contributed by atoms with Gasteiger partial charge in [-0.05, 0) is 68.4 Å². The van der Waals surface area contributed by atoms with Crippen molar-refractivity contribution in [2.24, 2.45) is 0 Å². The van der Waals surface area contributed by atoms with Gasteiger partial charge < -0.3 is 4.90 Å². The number of Topliss-reactive ketones (excluding diaryl/α,β-unsaturated/α-hetero) is 1. The quantitative estimate of drug-likeness (QED) is 0.734. The van der Waals surface area contributed by atoms with Crippen LogP contribution < -0.4 is 4.90 Å². The number of piperazine rings is 1. The van der Waals surface area contributed by atoms with Gasteiger partial charge in [0.1, 0.15) is 0 Å². The lowest BCUT2D eigenvalue weighted by Gasteiger charge is -2.42. The zero-order valence-corrected chi connectivity index (χ0v) is 16.3. The molecule has 0 atom stereocenters. The molecule has 3 heteroatoms. The van der Waals surface area contributed by atoms with Crippen molar-refractivity contribution in [3.8, 4) is 0 Å². The molecule has 2 aromatic rings. The van der Waals surface area contributed by atoms with Gasteiger partial charge >= 0.3 is 0 Å². The molecule has 1 saturated heterocycles. The molecule has 0 aromatic heterocycles. The number of carbonyl (C=O) groups is 1. The summed E-state index contributed by atoms with van der Waals surface area (Å²) < 4.78 is 0. The van der Waals surface area contributed by atoms with Gasteiger partial charge in [0.25, 0.3) is 0 Å². The van der Waals surface area contributed by atoms with Crippen LogP contribution in [0.15, 0.2) is 54.6 Å². The van der Waals surface area contributed by atoms with E-state index in [1.807, 2.05) is 12.1 Å². The second-order valence-corrected chi connectivity index (χ2v) is 8.04. The maximum Gasteiger partial charge on any atom is 0.159 e. The summed E-state index contributed by atoms with van der Waals surface area (Å²) in [6, 6.07) is 19.9. The Balaban J connectivity index is 1.28. The first kappa shape index (κ1) is 18.2. The highest BCUT2D eigenvalue weighted by Crippen LogP contribution is 2.35. The number of carbonyl (C=O) groups excluding carboxylic acids is 1. The number of benzene rings is 2. The molecule has 2 aromatic carbocycles. The molecule has 4 rings (SSSR count). The molecule has 1 aliphatic carbocycles. The Hall–Kier alpha value is -2.13. The second-order valence-electron chi connectivity index (χ2n) is 8.04. The van der Waals surface area contributed by atoms with E-state index in [0.29, 0.717) is 0 Å². The fourth-order valence-electron chi connectivity index (χ4n) is 4.75. The van der Waals surface area contributed by atoms with Crippen molar-refractivity contribution < 1.29 is 4.79 Å². The van der Waals surface area contributed by atoms with E-state index in [1.165, 1.54) is 36.9 Å². The molecule has 1 saturated carbocycles. The number of anilines is 1. The highest BCUT2D eigenvalue weighted by atomic mass is 16.1. The van der Waals surface area contributed by atoms with Crippen LogP contribution in [0.2, 0.25) is 0 Å². The van der Waals surface area contributed by atoms with E-state index in [1.54, 1.807) is 6.92 Å². The summed E-state index contributed by atoms with van der Waals surface area (Å²) in [7, 11) is 0. The Morgan fingerprint density at radius 2 is 1.44 bits per heavy atom. The summed E-state index contributed by atoms with van der Waals surface area (Å²) in [5, 5.41) is 0. The highest BCUT2D eigenvalue weighted by molar-refractivity contribution is 5.94. The molecule has 1 aliphatic heterocycles. The summed E-state index contributed by atoms with van der Waals surface area (Å²) in [5.41, 5.74) is 3.56. The standard InChI is InChI=1S/C24H30N2O/c1-19(27)20-7-11-23(12-8-20)25-15-17-26(18-16-25)24-13-9-22(10-14-24)21-5-3-2-4-6-21/h2-8,11-12,22,24H,9-10,13-18H2,1H3. The lowest BCUT2D eigenvalue weighted by molar-refractivity contribution is 0.101. The van der Waals surface area contributed by atoms with Crippen molar-refractivity contribution in [3.05, 3.63) is 65.7 Å². The third-order valence-electron chi connectivity index (χ3n) is 6.44. The van der Waals surface area contributed by atoms with Crippen molar-refractivity contribution >= 4 is 11.5 Å². The van der Waals surface area contributed by atoms with Gasteiger partial charge in [0, 0.05) is 43.5 Å². The minimum atomic E-state index is 0.137. The van der Waals surface area contributed by atoms with Gasteiger partial charge in [-0.2, -0.15) is 0 Å². The van der Waals surface area contributed by atoms with Crippen molar-refractivity contribution in [2.45, 2.75) is 44.6 Å². The van der Waals surface area contributed by atoms with Crippen molar-refractivity contribution in [1.29, 1.82) is 0 Å². The third kappa shape index (κ3) is 4.24. The molecule has 1 heterocycles. The number of hydrogen-bond donors (Lipinski definition) is 0.